The quantitative estimate of drug-likeness (QED) is 0.557. The summed E-state index contributed by atoms with van der Waals surface area (Å²) in [6, 6.07) is 0.00674. The second-order valence-corrected chi connectivity index (χ2v) is 4.74. The Kier molecular flexibility index (Phi) is 10.2. The summed E-state index contributed by atoms with van der Waals surface area (Å²) in [7, 11) is 1.99. The maximum Gasteiger partial charge on any atom is 0.303 e. The number of nitrogens with zero attached hydrogens (tertiary/aromatic N) is 1. The van der Waals surface area contributed by atoms with Gasteiger partial charge >= 0.3 is 5.97 Å². The molecule has 1 aliphatic heterocycles. The molecule has 1 aliphatic rings. The van der Waals surface area contributed by atoms with Gasteiger partial charge in [-0.05, 0) is 20.4 Å². The lowest BCUT2D eigenvalue weighted by Crippen LogP contribution is -2.43. The lowest BCUT2D eigenvalue weighted by molar-refractivity contribution is -0.137. The molecular formula is C13H24N2O6. The number of carbonyl (C=O) groups excluding carboxylic acids is 1. The Labute approximate surface area is 124 Å². The lowest BCUT2D eigenvalue weighted by Gasteiger charge is -2.19. The molecule has 0 aromatic heterocycles. The summed E-state index contributed by atoms with van der Waals surface area (Å²) >= 11 is 0. The molecule has 0 bridgehead atoms. The van der Waals surface area contributed by atoms with Gasteiger partial charge in [-0.15, -0.1) is 0 Å². The molecule has 2 atom stereocenters. The number of likely N-dealkylation sites (tertiary alicyclic amines) is 1. The van der Waals surface area contributed by atoms with Crippen LogP contribution < -0.4 is 5.32 Å². The first-order chi connectivity index (χ1) is 9.94. The van der Waals surface area contributed by atoms with Crippen molar-refractivity contribution < 1.29 is 29.3 Å². The summed E-state index contributed by atoms with van der Waals surface area (Å²) in [6.07, 6.45) is 0.699. The van der Waals surface area contributed by atoms with Gasteiger partial charge in [0, 0.05) is 32.5 Å². The van der Waals surface area contributed by atoms with Gasteiger partial charge in [-0.25, -0.2) is 0 Å². The fourth-order valence-corrected chi connectivity index (χ4v) is 2.16. The van der Waals surface area contributed by atoms with E-state index in [1.54, 1.807) is 0 Å². The third kappa shape index (κ3) is 8.98. The van der Waals surface area contributed by atoms with Crippen LogP contribution in [0.15, 0.2) is 0 Å². The number of aliphatic carboxylic acids is 1. The predicted molar refractivity (Wildman–Crippen MR) is 75.0 cm³/mol. The molecule has 0 aliphatic carbocycles. The largest absolute Gasteiger partial charge is 0.483 e. The van der Waals surface area contributed by atoms with Crippen LogP contribution in [0, 0.1) is 0 Å². The van der Waals surface area contributed by atoms with E-state index in [-0.39, 0.29) is 37.4 Å². The SMILES string of the molecule is CCO[C@H]1CN(C)C[C@@H]1NC(=O)CCCC(=O)O.O=CO. The van der Waals surface area contributed by atoms with Crippen molar-refractivity contribution in [1.82, 2.24) is 10.2 Å². The van der Waals surface area contributed by atoms with Crippen LogP contribution in [0.4, 0.5) is 0 Å². The first-order valence-electron chi connectivity index (χ1n) is 6.83. The smallest absolute Gasteiger partial charge is 0.303 e. The number of nitrogens with one attached hydrogen (secondary N) is 1. The molecule has 0 radical (unpaired) electrons. The molecule has 0 aromatic rings. The first kappa shape index (κ1) is 19.3. The molecule has 8 heteroatoms. The summed E-state index contributed by atoms with van der Waals surface area (Å²) < 4.78 is 5.58. The predicted octanol–water partition coefficient (Wildman–Crippen LogP) is -0.223. The Morgan fingerprint density at radius 3 is 2.52 bits per heavy atom. The highest BCUT2D eigenvalue weighted by atomic mass is 16.5. The summed E-state index contributed by atoms with van der Waals surface area (Å²) in [6.45, 7) is 3.90. The normalized spacial score (nSPS) is 21.2. The molecule has 0 spiro atoms. The van der Waals surface area contributed by atoms with Gasteiger partial charge in [-0.2, -0.15) is 0 Å². The zero-order valence-corrected chi connectivity index (χ0v) is 12.4. The number of carboxylic acids is 1. The van der Waals surface area contributed by atoms with Crippen LogP contribution in [0.1, 0.15) is 26.2 Å². The van der Waals surface area contributed by atoms with E-state index in [9.17, 15) is 9.59 Å². The molecule has 0 unspecified atom stereocenters. The molecule has 3 N–H and O–H groups in total. The van der Waals surface area contributed by atoms with Crippen LogP contribution in [0.25, 0.3) is 0 Å². The average Bonchev–Trinajstić information content (AvgIpc) is 2.70. The highest BCUT2D eigenvalue weighted by Crippen LogP contribution is 2.12. The Morgan fingerprint density at radius 1 is 1.38 bits per heavy atom. The first-order valence-corrected chi connectivity index (χ1v) is 6.83. The number of rotatable bonds is 7. The topological polar surface area (TPSA) is 116 Å². The van der Waals surface area contributed by atoms with Crippen molar-refractivity contribution in [2.24, 2.45) is 0 Å². The number of ether oxygens (including phenoxy) is 1. The Hall–Kier alpha value is -1.67. The monoisotopic (exact) mass is 304 g/mol. The Bertz CT molecular complexity index is 337. The van der Waals surface area contributed by atoms with E-state index in [1.165, 1.54) is 0 Å². The average molecular weight is 304 g/mol. The molecule has 1 fully saturated rings. The molecule has 122 valence electrons. The van der Waals surface area contributed by atoms with Crippen LogP contribution in [-0.4, -0.2) is 72.4 Å². The van der Waals surface area contributed by atoms with Crippen molar-refractivity contribution in [3.05, 3.63) is 0 Å². The van der Waals surface area contributed by atoms with E-state index in [0.29, 0.717) is 13.0 Å². The summed E-state index contributed by atoms with van der Waals surface area (Å²) in [5, 5.41) is 18.3. The standard InChI is InChI=1S/C12H22N2O4.CH2O2/c1-3-18-10-8-14(2)7-9(10)13-11(15)5-4-6-12(16)17;2-1-3/h9-10H,3-8H2,1-2H3,(H,13,15)(H,16,17);1H,(H,2,3)/t9-,10-;/m0./s1. The lowest BCUT2D eigenvalue weighted by atomic mass is 10.2. The van der Waals surface area contributed by atoms with Gasteiger partial charge in [0.05, 0.1) is 12.1 Å². The van der Waals surface area contributed by atoms with Crippen LogP contribution in [0.3, 0.4) is 0 Å². The van der Waals surface area contributed by atoms with Crippen LogP contribution >= 0.6 is 0 Å². The minimum Gasteiger partial charge on any atom is -0.483 e. The van der Waals surface area contributed by atoms with Crippen LogP contribution in [0.2, 0.25) is 0 Å². The minimum absolute atomic E-state index is 0.00674. The van der Waals surface area contributed by atoms with Crippen molar-refractivity contribution in [2.45, 2.75) is 38.3 Å². The number of hydrogen-bond donors (Lipinski definition) is 3. The summed E-state index contributed by atoms with van der Waals surface area (Å²) in [5.41, 5.74) is 0. The molecule has 1 rings (SSSR count). The van der Waals surface area contributed by atoms with Gasteiger partial charge in [0.1, 0.15) is 0 Å². The van der Waals surface area contributed by atoms with Gasteiger partial charge in [0.15, 0.2) is 0 Å². The van der Waals surface area contributed by atoms with Crippen molar-refractivity contribution in [1.29, 1.82) is 0 Å². The summed E-state index contributed by atoms with van der Waals surface area (Å²) in [5.74, 6) is -0.961. The van der Waals surface area contributed by atoms with Crippen molar-refractivity contribution in [2.75, 3.05) is 26.7 Å². The molecule has 1 heterocycles. The van der Waals surface area contributed by atoms with Crippen LogP contribution in [0.5, 0.6) is 0 Å². The number of likely N-dealkylation sites (N-methyl/N-ethyl adjacent to an activating group) is 1. The fourth-order valence-electron chi connectivity index (χ4n) is 2.16. The number of amides is 1. The molecule has 1 amide bonds. The maximum atomic E-state index is 11.7. The Balaban J connectivity index is 0.00000122. The van der Waals surface area contributed by atoms with Gasteiger partial charge in [-0.3, -0.25) is 14.4 Å². The van der Waals surface area contributed by atoms with E-state index >= 15 is 0 Å². The fraction of sp³-hybridized carbons (Fsp3) is 0.769. The molecule has 0 aromatic carbocycles. The van der Waals surface area contributed by atoms with Gasteiger partial charge < -0.3 is 25.2 Å². The number of hydrogen-bond acceptors (Lipinski definition) is 5. The van der Waals surface area contributed by atoms with Gasteiger partial charge in [0.25, 0.3) is 6.47 Å². The molecular weight excluding hydrogens is 280 g/mol. The van der Waals surface area contributed by atoms with E-state index in [4.69, 9.17) is 19.7 Å². The number of carboxylic acid groups (broad SMARTS) is 2. The van der Waals surface area contributed by atoms with E-state index < -0.39 is 5.97 Å². The van der Waals surface area contributed by atoms with E-state index in [1.807, 2.05) is 14.0 Å². The molecule has 0 saturated carbocycles. The maximum absolute atomic E-state index is 11.7. The molecule has 1 saturated heterocycles. The second kappa shape index (κ2) is 11.0. The Morgan fingerprint density at radius 2 is 2.00 bits per heavy atom. The molecule has 21 heavy (non-hydrogen) atoms. The third-order valence-corrected chi connectivity index (χ3v) is 2.97. The van der Waals surface area contributed by atoms with Crippen molar-refractivity contribution in [3.8, 4) is 0 Å². The highest BCUT2D eigenvalue weighted by Gasteiger charge is 2.32. The zero-order chi connectivity index (χ0) is 16.3. The molecule has 8 nitrogen and oxygen atoms in total. The number of carbonyl (C=O) groups is 3. The van der Waals surface area contributed by atoms with E-state index in [0.717, 1.165) is 13.1 Å². The third-order valence-electron chi connectivity index (χ3n) is 2.97. The van der Waals surface area contributed by atoms with Gasteiger partial charge in [0.2, 0.25) is 5.91 Å². The summed E-state index contributed by atoms with van der Waals surface area (Å²) in [4.78, 5) is 32.5. The second-order valence-electron chi connectivity index (χ2n) is 4.74. The zero-order valence-electron chi connectivity index (χ0n) is 12.4. The minimum atomic E-state index is -0.865. The van der Waals surface area contributed by atoms with Crippen LogP contribution in [-0.2, 0) is 19.1 Å². The highest BCUT2D eigenvalue weighted by molar-refractivity contribution is 5.77. The van der Waals surface area contributed by atoms with Crippen molar-refractivity contribution in [3.63, 3.8) is 0 Å². The van der Waals surface area contributed by atoms with E-state index in [2.05, 4.69) is 10.2 Å². The van der Waals surface area contributed by atoms with Gasteiger partial charge in [-0.1, -0.05) is 0 Å². The van der Waals surface area contributed by atoms with Crippen molar-refractivity contribution >= 4 is 18.3 Å².